The van der Waals surface area contributed by atoms with Crippen LogP contribution in [0.1, 0.15) is 42.7 Å². The summed E-state index contributed by atoms with van der Waals surface area (Å²) in [7, 11) is 0. The number of piperidine rings is 1. The van der Waals surface area contributed by atoms with Gasteiger partial charge in [-0.1, -0.05) is 0 Å². The summed E-state index contributed by atoms with van der Waals surface area (Å²) in [5, 5.41) is 3.34. The van der Waals surface area contributed by atoms with E-state index in [1.165, 1.54) is 19.1 Å². The number of carbonyl (C=O) groups excluding carboxylic acids is 1. The molecular formula is C19H24F2N2O2. The maximum atomic E-state index is 13.8. The zero-order valence-corrected chi connectivity index (χ0v) is 14.5. The SMILES string of the molecule is Cc1c(F)cc(C2CCN(C(=O)[C@H]3C[C@]4(COCN4)C3)CC2)cc1F. The highest BCUT2D eigenvalue weighted by atomic mass is 19.1. The fraction of sp³-hybridized carbons (Fsp3) is 0.632. The van der Waals surface area contributed by atoms with Gasteiger partial charge in [0.05, 0.1) is 13.3 Å². The van der Waals surface area contributed by atoms with Gasteiger partial charge in [0.25, 0.3) is 0 Å². The molecule has 2 aliphatic heterocycles. The number of carbonyl (C=O) groups is 1. The van der Waals surface area contributed by atoms with Crippen LogP contribution in [0.15, 0.2) is 12.1 Å². The van der Waals surface area contributed by atoms with E-state index in [0.29, 0.717) is 32.0 Å². The molecule has 136 valence electrons. The zero-order valence-electron chi connectivity index (χ0n) is 14.5. The van der Waals surface area contributed by atoms with Crippen molar-refractivity contribution in [2.75, 3.05) is 26.4 Å². The Morgan fingerprint density at radius 3 is 2.44 bits per heavy atom. The van der Waals surface area contributed by atoms with Gasteiger partial charge in [0, 0.05) is 30.1 Å². The van der Waals surface area contributed by atoms with E-state index >= 15 is 0 Å². The second kappa shape index (κ2) is 6.32. The normalized spacial score (nSPS) is 29.9. The number of ether oxygens (including phenoxy) is 1. The van der Waals surface area contributed by atoms with Gasteiger partial charge in [-0.2, -0.15) is 0 Å². The standard InChI is InChI=1S/C19H24F2N2O2/c1-12-16(20)6-14(7-17(12)21)13-2-4-23(5-3-13)18(24)15-8-19(9-15)10-25-11-22-19/h6-7,13,15,22H,2-5,8-11H2,1H3/t15-,19+. The molecule has 3 fully saturated rings. The first kappa shape index (κ1) is 16.9. The Bertz CT molecular complexity index is 649. The van der Waals surface area contributed by atoms with Gasteiger partial charge in [0.1, 0.15) is 11.6 Å². The van der Waals surface area contributed by atoms with Gasteiger partial charge in [0.2, 0.25) is 5.91 Å². The van der Waals surface area contributed by atoms with Gasteiger partial charge < -0.3 is 9.64 Å². The molecule has 4 nitrogen and oxygen atoms in total. The first-order valence-electron chi connectivity index (χ1n) is 9.04. The molecule has 0 unspecified atom stereocenters. The minimum atomic E-state index is -0.487. The minimum absolute atomic E-state index is 0.0234. The van der Waals surface area contributed by atoms with Gasteiger partial charge >= 0.3 is 0 Å². The molecule has 0 atom stereocenters. The highest BCUT2D eigenvalue weighted by molar-refractivity contribution is 5.80. The van der Waals surface area contributed by atoms with Crippen molar-refractivity contribution in [1.82, 2.24) is 10.2 Å². The molecule has 1 aliphatic carbocycles. The van der Waals surface area contributed by atoms with Crippen molar-refractivity contribution in [3.05, 3.63) is 34.9 Å². The van der Waals surface area contributed by atoms with Crippen molar-refractivity contribution < 1.29 is 18.3 Å². The van der Waals surface area contributed by atoms with Crippen LogP contribution in [0, 0.1) is 24.5 Å². The van der Waals surface area contributed by atoms with Gasteiger partial charge in [-0.15, -0.1) is 0 Å². The molecule has 1 aromatic carbocycles. The van der Waals surface area contributed by atoms with Crippen LogP contribution in [0.5, 0.6) is 0 Å². The van der Waals surface area contributed by atoms with E-state index in [2.05, 4.69) is 5.32 Å². The molecule has 0 bridgehead atoms. The van der Waals surface area contributed by atoms with Crippen molar-refractivity contribution in [2.24, 2.45) is 5.92 Å². The van der Waals surface area contributed by atoms with Crippen molar-refractivity contribution in [3.63, 3.8) is 0 Å². The summed E-state index contributed by atoms with van der Waals surface area (Å²) in [6.07, 6.45) is 3.21. The molecule has 1 spiro atoms. The predicted molar refractivity (Wildman–Crippen MR) is 89.1 cm³/mol. The van der Waals surface area contributed by atoms with Gasteiger partial charge in [-0.3, -0.25) is 10.1 Å². The highest BCUT2D eigenvalue weighted by Gasteiger charge is 2.50. The number of hydrogen-bond donors (Lipinski definition) is 1. The maximum absolute atomic E-state index is 13.8. The molecule has 1 N–H and O–H groups in total. The average molecular weight is 350 g/mol. The monoisotopic (exact) mass is 350 g/mol. The minimum Gasteiger partial charge on any atom is -0.364 e. The van der Waals surface area contributed by atoms with E-state index in [4.69, 9.17) is 4.74 Å². The smallest absolute Gasteiger partial charge is 0.225 e. The van der Waals surface area contributed by atoms with Gasteiger partial charge in [0.15, 0.2) is 0 Å². The number of halogens is 2. The lowest BCUT2D eigenvalue weighted by Crippen LogP contribution is -2.58. The third-order valence-electron chi connectivity index (χ3n) is 6.13. The molecule has 1 amide bonds. The number of benzene rings is 1. The second-order valence-electron chi connectivity index (χ2n) is 7.76. The number of hydrogen-bond acceptors (Lipinski definition) is 3. The van der Waals surface area contributed by atoms with E-state index in [0.717, 1.165) is 25.7 Å². The molecule has 6 heteroatoms. The lowest BCUT2D eigenvalue weighted by Gasteiger charge is -2.45. The molecule has 0 aromatic heterocycles. The van der Waals surface area contributed by atoms with Gasteiger partial charge in [-0.25, -0.2) is 8.78 Å². The fourth-order valence-electron chi connectivity index (χ4n) is 4.41. The summed E-state index contributed by atoms with van der Waals surface area (Å²) >= 11 is 0. The number of rotatable bonds is 2. The number of likely N-dealkylation sites (tertiary alicyclic amines) is 1. The van der Waals surface area contributed by atoms with E-state index in [9.17, 15) is 13.6 Å². The maximum Gasteiger partial charge on any atom is 0.225 e. The van der Waals surface area contributed by atoms with Crippen LogP contribution in [0.3, 0.4) is 0 Å². The summed E-state index contributed by atoms with van der Waals surface area (Å²) in [4.78, 5) is 14.6. The molecule has 1 saturated carbocycles. The number of nitrogens with one attached hydrogen (secondary N) is 1. The lowest BCUT2D eigenvalue weighted by atomic mass is 9.68. The van der Waals surface area contributed by atoms with Crippen LogP contribution in [-0.4, -0.2) is 42.8 Å². The molecule has 1 aromatic rings. The third-order valence-corrected chi connectivity index (χ3v) is 6.13. The number of nitrogens with zero attached hydrogens (tertiary/aromatic N) is 1. The summed E-state index contributed by atoms with van der Waals surface area (Å²) in [5.41, 5.74) is 0.803. The van der Waals surface area contributed by atoms with E-state index in [-0.39, 0.29) is 28.8 Å². The Morgan fingerprint density at radius 2 is 1.88 bits per heavy atom. The quantitative estimate of drug-likeness (QED) is 0.892. The van der Waals surface area contributed by atoms with Gasteiger partial charge in [-0.05, 0) is 56.2 Å². The molecule has 25 heavy (non-hydrogen) atoms. The van der Waals surface area contributed by atoms with Crippen LogP contribution in [0.2, 0.25) is 0 Å². The molecular weight excluding hydrogens is 326 g/mol. The third kappa shape index (κ3) is 3.06. The summed E-state index contributed by atoms with van der Waals surface area (Å²) < 4.78 is 32.9. The van der Waals surface area contributed by atoms with E-state index in [1.54, 1.807) is 0 Å². The summed E-state index contributed by atoms with van der Waals surface area (Å²) in [6, 6.07) is 2.89. The Kier molecular flexibility index (Phi) is 4.28. The topological polar surface area (TPSA) is 41.6 Å². The van der Waals surface area contributed by atoms with E-state index < -0.39 is 11.6 Å². The van der Waals surface area contributed by atoms with E-state index in [1.807, 2.05) is 4.90 Å². The van der Waals surface area contributed by atoms with Crippen LogP contribution >= 0.6 is 0 Å². The largest absolute Gasteiger partial charge is 0.364 e. The first-order chi connectivity index (χ1) is 12.0. The van der Waals surface area contributed by atoms with Crippen molar-refractivity contribution in [1.29, 1.82) is 0 Å². The lowest BCUT2D eigenvalue weighted by molar-refractivity contribution is -0.142. The molecule has 4 rings (SSSR count). The second-order valence-corrected chi connectivity index (χ2v) is 7.76. The zero-order chi connectivity index (χ0) is 17.6. The van der Waals surface area contributed by atoms with Crippen molar-refractivity contribution in [3.8, 4) is 0 Å². The molecule has 0 radical (unpaired) electrons. The van der Waals surface area contributed by atoms with Crippen LogP contribution in [-0.2, 0) is 9.53 Å². The Balaban J connectivity index is 1.33. The molecule has 3 aliphatic rings. The van der Waals surface area contributed by atoms with Crippen LogP contribution in [0.4, 0.5) is 8.78 Å². The van der Waals surface area contributed by atoms with Crippen LogP contribution < -0.4 is 5.32 Å². The summed E-state index contributed by atoms with van der Waals surface area (Å²) in [6.45, 7) is 4.05. The number of amides is 1. The van der Waals surface area contributed by atoms with Crippen molar-refractivity contribution >= 4 is 5.91 Å². The predicted octanol–water partition coefficient (Wildman–Crippen LogP) is 2.71. The Morgan fingerprint density at radius 1 is 1.24 bits per heavy atom. The van der Waals surface area contributed by atoms with Crippen LogP contribution in [0.25, 0.3) is 0 Å². The van der Waals surface area contributed by atoms with Crippen molar-refractivity contribution in [2.45, 2.75) is 44.1 Å². The Labute approximate surface area is 146 Å². The Hall–Kier alpha value is -1.53. The summed E-state index contributed by atoms with van der Waals surface area (Å²) in [5.74, 6) is -0.551. The average Bonchev–Trinajstić information content (AvgIpc) is 3.07. The molecule has 2 heterocycles. The highest BCUT2D eigenvalue weighted by Crippen LogP contribution is 2.41. The fourth-order valence-corrected chi connectivity index (χ4v) is 4.41. The molecule has 2 saturated heterocycles. The first-order valence-corrected chi connectivity index (χ1v) is 9.04.